The van der Waals surface area contributed by atoms with E-state index >= 15 is 0 Å². The zero-order chi connectivity index (χ0) is 14.8. The van der Waals surface area contributed by atoms with Crippen LogP contribution in [-0.4, -0.2) is 11.4 Å². The zero-order valence-electron chi connectivity index (χ0n) is 12.6. The summed E-state index contributed by atoms with van der Waals surface area (Å²) in [5.74, 6) is -0.0425. The van der Waals surface area contributed by atoms with Gasteiger partial charge in [0.15, 0.2) is 0 Å². The van der Waals surface area contributed by atoms with Gasteiger partial charge in [0.25, 0.3) is 0 Å². The molecule has 0 radical (unpaired) electrons. The van der Waals surface area contributed by atoms with E-state index in [4.69, 9.17) is 5.26 Å². The van der Waals surface area contributed by atoms with Crippen molar-refractivity contribution in [2.45, 2.75) is 47.1 Å². The number of carbonyl (C=O) groups is 1. The molecular formula is C16H22N2O. The van der Waals surface area contributed by atoms with Crippen LogP contribution < -0.4 is 5.32 Å². The van der Waals surface area contributed by atoms with Gasteiger partial charge in [0, 0.05) is 6.92 Å². The highest BCUT2D eigenvalue weighted by molar-refractivity contribution is 5.84. The van der Waals surface area contributed by atoms with E-state index < -0.39 is 5.54 Å². The number of benzene rings is 1. The number of amides is 1. The van der Waals surface area contributed by atoms with Crippen molar-refractivity contribution < 1.29 is 4.79 Å². The third kappa shape index (κ3) is 3.14. The van der Waals surface area contributed by atoms with Crippen LogP contribution in [-0.2, 0) is 4.79 Å². The minimum absolute atomic E-state index is 0.122. The van der Waals surface area contributed by atoms with Crippen molar-refractivity contribution in [3.05, 3.63) is 23.3 Å². The fourth-order valence-corrected chi connectivity index (χ4v) is 2.07. The fraction of sp³-hybridized carbons (Fsp3) is 0.500. The molecule has 2 rings (SSSR count). The summed E-state index contributed by atoms with van der Waals surface area (Å²) in [5, 5.41) is 11.3. The highest BCUT2D eigenvalue weighted by Crippen LogP contribution is 2.39. The van der Waals surface area contributed by atoms with Crippen molar-refractivity contribution in [1.82, 2.24) is 5.32 Å². The fourth-order valence-electron chi connectivity index (χ4n) is 2.07. The molecule has 3 nitrogen and oxygen atoms in total. The topological polar surface area (TPSA) is 52.9 Å². The van der Waals surface area contributed by atoms with Gasteiger partial charge in [-0.2, -0.15) is 5.26 Å². The Balaban J connectivity index is 0.000000196. The van der Waals surface area contributed by atoms with Gasteiger partial charge in [-0.05, 0) is 48.9 Å². The zero-order valence-corrected chi connectivity index (χ0v) is 12.6. The van der Waals surface area contributed by atoms with E-state index in [0.29, 0.717) is 0 Å². The van der Waals surface area contributed by atoms with Crippen LogP contribution in [0.25, 0.3) is 11.1 Å². The molecule has 3 heteroatoms. The molecule has 1 amide bonds. The molecule has 0 fully saturated rings. The molecule has 2 aliphatic carbocycles. The van der Waals surface area contributed by atoms with Gasteiger partial charge < -0.3 is 5.32 Å². The summed E-state index contributed by atoms with van der Waals surface area (Å²) in [6.45, 7) is 11.3. The number of nitrogens with zero attached hydrogens (tertiary/aromatic N) is 1. The number of hydrogen-bond donors (Lipinski definition) is 1. The molecule has 0 spiro atoms. The number of nitriles is 1. The van der Waals surface area contributed by atoms with Crippen LogP contribution in [0.1, 0.15) is 38.8 Å². The number of hydrogen-bond acceptors (Lipinski definition) is 2. The number of fused-ring (bicyclic) bond motifs is 1. The first-order valence-corrected chi connectivity index (χ1v) is 6.53. The average molecular weight is 258 g/mol. The first-order valence-electron chi connectivity index (χ1n) is 6.53. The predicted octanol–water partition coefficient (Wildman–Crippen LogP) is 3.34. The first-order chi connectivity index (χ1) is 8.71. The van der Waals surface area contributed by atoms with Crippen molar-refractivity contribution in [3.63, 3.8) is 0 Å². The lowest BCUT2D eigenvalue weighted by Gasteiger charge is -2.26. The van der Waals surface area contributed by atoms with E-state index in [1.807, 2.05) is 13.8 Å². The smallest absolute Gasteiger partial charge is 0.218 e. The molecule has 1 N–H and O–H groups in total. The maximum absolute atomic E-state index is 10.7. The van der Waals surface area contributed by atoms with Crippen LogP contribution in [0.4, 0.5) is 0 Å². The lowest BCUT2D eigenvalue weighted by Crippen LogP contribution is -2.47. The largest absolute Gasteiger partial charge is 0.338 e. The van der Waals surface area contributed by atoms with Crippen molar-refractivity contribution >= 4 is 5.91 Å². The molecule has 0 aromatic rings. The van der Waals surface area contributed by atoms with Gasteiger partial charge in [0.2, 0.25) is 5.91 Å². The Morgan fingerprint density at radius 3 is 1.89 bits per heavy atom. The van der Waals surface area contributed by atoms with E-state index in [1.165, 1.54) is 29.2 Å². The standard InChI is InChI=1S/C8H14N2O.C8H8/c1-6(2)8(4,5-9)10-7(3)11;1-5-3-7-4-6(2)8(5)7/h6H,1-4H3,(H,10,11);3-4H,1-2H3. The SMILES string of the molecule is CC(=O)NC(C)(C#N)C(C)C.Cc1cc2cc(C)c1-2. The molecule has 0 heterocycles. The highest BCUT2D eigenvalue weighted by Gasteiger charge is 2.28. The Labute approximate surface area is 115 Å². The summed E-state index contributed by atoms with van der Waals surface area (Å²) in [6.07, 6.45) is 0. The second kappa shape index (κ2) is 5.44. The summed E-state index contributed by atoms with van der Waals surface area (Å²) in [5.41, 5.74) is 5.16. The predicted molar refractivity (Wildman–Crippen MR) is 77.6 cm³/mol. The number of nitrogens with one attached hydrogen (secondary N) is 1. The lowest BCUT2D eigenvalue weighted by atomic mass is 9.82. The highest BCUT2D eigenvalue weighted by atomic mass is 16.1. The Hall–Kier alpha value is -1.82. The van der Waals surface area contributed by atoms with E-state index in [2.05, 4.69) is 37.4 Å². The van der Waals surface area contributed by atoms with E-state index in [9.17, 15) is 4.79 Å². The van der Waals surface area contributed by atoms with Gasteiger partial charge >= 0.3 is 0 Å². The summed E-state index contributed by atoms with van der Waals surface area (Å²) in [7, 11) is 0. The first kappa shape index (κ1) is 15.2. The molecule has 1 unspecified atom stereocenters. The Morgan fingerprint density at radius 2 is 1.79 bits per heavy atom. The van der Waals surface area contributed by atoms with Gasteiger partial charge in [-0.3, -0.25) is 4.79 Å². The molecule has 19 heavy (non-hydrogen) atoms. The average Bonchev–Trinajstić information content (AvgIpc) is 2.26. The van der Waals surface area contributed by atoms with Crippen LogP contribution in [0, 0.1) is 31.1 Å². The monoisotopic (exact) mass is 258 g/mol. The third-order valence-electron chi connectivity index (χ3n) is 3.64. The van der Waals surface area contributed by atoms with Crippen LogP contribution in [0.3, 0.4) is 0 Å². The number of rotatable bonds is 2. The maximum atomic E-state index is 10.7. The van der Waals surface area contributed by atoms with Crippen LogP contribution >= 0.6 is 0 Å². The van der Waals surface area contributed by atoms with Crippen molar-refractivity contribution in [2.75, 3.05) is 0 Å². The molecular weight excluding hydrogens is 236 g/mol. The van der Waals surface area contributed by atoms with E-state index in [1.54, 1.807) is 6.92 Å². The molecule has 0 aliphatic heterocycles. The summed E-state index contributed by atoms with van der Waals surface area (Å²) >= 11 is 0. The molecule has 0 aromatic carbocycles. The molecule has 102 valence electrons. The number of carbonyl (C=O) groups excluding carboxylic acids is 1. The summed E-state index contributed by atoms with van der Waals surface area (Å²) in [6, 6.07) is 6.53. The molecule has 2 aliphatic rings. The van der Waals surface area contributed by atoms with Gasteiger partial charge in [-0.25, -0.2) is 0 Å². The third-order valence-corrected chi connectivity index (χ3v) is 3.64. The molecule has 0 aromatic heterocycles. The second-order valence-electron chi connectivity index (χ2n) is 5.64. The normalized spacial score (nSPS) is 13.8. The van der Waals surface area contributed by atoms with E-state index in [-0.39, 0.29) is 11.8 Å². The van der Waals surface area contributed by atoms with Gasteiger partial charge in [-0.1, -0.05) is 26.0 Å². The maximum Gasteiger partial charge on any atom is 0.218 e. The summed E-state index contributed by atoms with van der Waals surface area (Å²) < 4.78 is 0. The second-order valence-corrected chi connectivity index (χ2v) is 5.64. The molecule has 0 saturated heterocycles. The van der Waals surface area contributed by atoms with Crippen LogP contribution in [0.2, 0.25) is 0 Å². The van der Waals surface area contributed by atoms with Gasteiger partial charge in [-0.15, -0.1) is 0 Å². The summed E-state index contributed by atoms with van der Waals surface area (Å²) in [4.78, 5) is 10.7. The molecule has 1 atom stereocenters. The lowest BCUT2D eigenvalue weighted by molar-refractivity contribution is -0.120. The minimum atomic E-state index is -0.730. The molecule has 0 bridgehead atoms. The van der Waals surface area contributed by atoms with Crippen molar-refractivity contribution in [1.29, 1.82) is 5.26 Å². The van der Waals surface area contributed by atoms with E-state index in [0.717, 1.165) is 0 Å². The minimum Gasteiger partial charge on any atom is -0.338 e. The van der Waals surface area contributed by atoms with Gasteiger partial charge in [0.1, 0.15) is 5.54 Å². The van der Waals surface area contributed by atoms with Crippen LogP contribution in [0.5, 0.6) is 0 Å². The Kier molecular flexibility index (Phi) is 4.36. The Morgan fingerprint density at radius 1 is 1.32 bits per heavy atom. The number of aryl methyl sites for hydroxylation is 2. The molecule has 0 saturated carbocycles. The Bertz CT molecular complexity index is 517. The van der Waals surface area contributed by atoms with Crippen molar-refractivity contribution in [3.8, 4) is 17.2 Å². The van der Waals surface area contributed by atoms with Gasteiger partial charge in [0.05, 0.1) is 6.07 Å². The quantitative estimate of drug-likeness (QED) is 0.898. The van der Waals surface area contributed by atoms with Crippen LogP contribution in [0.15, 0.2) is 12.1 Å². The van der Waals surface area contributed by atoms with Crippen molar-refractivity contribution in [2.24, 2.45) is 5.92 Å².